The number of rotatable bonds is 15. The standard InChI is InChI=1S/C34H33F3N6O5/c1-3-47-32(46)33(22-38,39-31(45)30-40-42-43(41-30)21-24-11-5-4-6-12-24)28(27-13-8-7-10-23(27)2)20-29(44)25-14-16-26(17-15-25)48-19-9-18-34(35,36)37/h4-8,10-17,28H,3,9,18-21H2,1-2H3,(H,39,45). The monoisotopic (exact) mass is 662 g/mol. The van der Waals surface area contributed by atoms with Crippen LogP contribution in [0.4, 0.5) is 13.2 Å². The van der Waals surface area contributed by atoms with Crippen molar-refractivity contribution in [2.24, 2.45) is 0 Å². The van der Waals surface area contributed by atoms with E-state index in [1.54, 1.807) is 38.1 Å². The molecule has 1 N–H and O–H groups in total. The van der Waals surface area contributed by atoms with Crippen LogP contribution in [-0.4, -0.2) is 62.8 Å². The van der Waals surface area contributed by atoms with E-state index in [1.165, 1.54) is 29.1 Å². The Morgan fingerprint density at radius 2 is 1.69 bits per heavy atom. The van der Waals surface area contributed by atoms with Gasteiger partial charge in [0.1, 0.15) is 11.8 Å². The number of tetrazole rings is 1. The topological polar surface area (TPSA) is 149 Å². The molecule has 1 heterocycles. The number of carbonyl (C=O) groups is 3. The summed E-state index contributed by atoms with van der Waals surface area (Å²) >= 11 is 0. The molecule has 0 fully saturated rings. The fourth-order valence-electron chi connectivity index (χ4n) is 5.04. The summed E-state index contributed by atoms with van der Waals surface area (Å²) in [6, 6.07) is 23.7. The van der Waals surface area contributed by atoms with E-state index in [9.17, 15) is 32.8 Å². The number of esters is 1. The Kier molecular flexibility index (Phi) is 11.6. The van der Waals surface area contributed by atoms with Crippen molar-refractivity contribution in [3.63, 3.8) is 0 Å². The summed E-state index contributed by atoms with van der Waals surface area (Å²) in [6.07, 6.45) is -5.91. The predicted molar refractivity (Wildman–Crippen MR) is 166 cm³/mol. The van der Waals surface area contributed by atoms with Gasteiger partial charge in [0.05, 0.1) is 19.8 Å². The van der Waals surface area contributed by atoms with Crippen molar-refractivity contribution in [2.75, 3.05) is 13.2 Å². The molecular formula is C34H33F3N6O5. The molecule has 3 aromatic carbocycles. The number of halogens is 3. The molecule has 1 aromatic heterocycles. The number of hydrogen-bond donors (Lipinski definition) is 1. The Morgan fingerprint density at radius 1 is 1.00 bits per heavy atom. The summed E-state index contributed by atoms with van der Waals surface area (Å²) < 4.78 is 48.0. The van der Waals surface area contributed by atoms with Gasteiger partial charge in [0.25, 0.3) is 11.7 Å². The molecule has 11 nitrogen and oxygen atoms in total. The third-order valence-electron chi connectivity index (χ3n) is 7.43. The number of alkyl halides is 3. The molecule has 0 aliphatic rings. The number of nitrogens with one attached hydrogen (secondary N) is 1. The van der Waals surface area contributed by atoms with E-state index in [2.05, 4.69) is 20.7 Å². The van der Waals surface area contributed by atoms with Gasteiger partial charge in [-0.1, -0.05) is 54.6 Å². The lowest BCUT2D eigenvalue weighted by molar-refractivity contribution is -0.149. The van der Waals surface area contributed by atoms with Gasteiger partial charge in [-0.3, -0.25) is 9.59 Å². The molecule has 0 saturated carbocycles. The molecule has 0 radical (unpaired) electrons. The highest BCUT2D eigenvalue weighted by atomic mass is 19.4. The van der Waals surface area contributed by atoms with Gasteiger partial charge in [0.15, 0.2) is 5.78 Å². The minimum absolute atomic E-state index is 0.123. The number of benzene rings is 3. The molecule has 14 heteroatoms. The Hall–Kier alpha value is -5.58. The van der Waals surface area contributed by atoms with E-state index in [1.807, 2.05) is 36.4 Å². The van der Waals surface area contributed by atoms with Gasteiger partial charge in [-0.15, -0.1) is 10.2 Å². The Morgan fingerprint density at radius 3 is 2.33 bits per heavy atom. The molecule has 0 aliphatic carbocycles. The fraction of sp³-hybridized carbons (Fsp3) is 0.324. The summed E-state index contributed by atoms with van der Waals surface area (Å²) in [4.78, 5) is 42.1. The zero-order valence-electron chi connectivity index (χ0n) is 26.2. The molecule has 0 bridgehead atoms. The second kappa shape index (κ2) is 15.8. The van der Waals surface area contributed by atoms with Crippen molar-refractivity contribution in [1.29, 1.82) is 5.26 Å². The van der Waals surface area contributed by atoms with E-state index >= 15 is 0 Å². The van der Waals surface area contributed by atoms with Crippen LogP contribution in [0.3, 0.4) is 0 Å². The Bertz CT molecular complexity index is 1760. The van der Waals surface area contributed by atoms with Crippen molar-refractivity contribution in [2.45, 2.75) is 57.3 Å². The number of nitriles is 1. The van der Waals surface area contributed by atoms with Gasteiger partial charge >= 0.3 is 12.1 Å². The summed E-state index contributed by atoms with van der Waals surface area (Å²) in [6.45, 7) is 3.20. The largest absolute Gasteiger partial charge is 0.494 e. The first kappa shape index (κ1) is 35.3. The number of carbonyl (C=O) groups excluding carboxylic acids is 3. The zero-order valence-corrected chi connectivity index (χ0v) is 26.2. The van der Waals surface area contributed by atoms with Crippen molar-refractivity contribution >= 4 is 17.7 Å². The second-order valence-electron chi connectivity index (χ2n) is 10.9. The number of amides is 1. The van der Waals surface area contributed by atoms with E-state index in [0.717, 1.165) is 5.56 Å². The molecule has 0 aliphatic heterocycles. The van der Waals surface area contributed by atoms with Crippen LogP contribution in [0.25, 0.3) is 0 Å². The maximum atomic E-state index is 13.7. The number of ether oxygens (including phenoxy) is 2. The molecular weight excluding hydrogens is 629 g/mol. The Balaban J connectivity index is 1.63. The average Bonchev–Trinajstić information content (AvgIpc) is 3.54. The summed E-state index contributed by atoms with van der Waals surface area (Å²) in [5.41, 5.74) is -0.293. The van der Waals surface area contributed by atoms with Gasteiger partial charge in [0.2, 0.25) is 5.54 Å². The minimum atomic E-state index is -4.29. The lowest BCUT2D eigenvalue weighted by Gasteiger charge is -2.34. The van der Waals surface area contributed by atoms with Crippen molar-refractivity contribution in [3.8, 4) is 11.8 Å². The highest BCUT2D eigenvalue weighted by Gasteiger charge is 2.51. The molecule has 4 rings (SSSR count). The summed E-state index contributed by atoms with van der Waals surface area (Å²) in [5, 5.41) is 25.0. The molecule has 250 valence electrons. The van der Waals surface area contributed by atoms with Crippen LogP contribution in [0.15, 0.2) is 78.9 Å². The van der Waals surface area contributed by atoms with E-state index in [0.29, 0.717) is 11.1 Å². The summed E-state index contributed by atoms with van der Waals surface area (Å²) in [7, 11) is 0. The first-order chi connectivity index (χ1) is 23.0. The van der Waals surface area contributed by atoms with Gasteiger partial charge in [-0.25, -0.2) is 4.79 Å². The fourth-order valence-corrected chi connectivity index (χ4v) is 5.04. The van der Waals surface area contributed by atoms with Crippen LogP contribution in [-0.2, 0) is 16.1 Å². The van der Waals surface area contributed by atoms with Crippen LogP contribution in [0.2, 0.25) is 0 Å². The number of aryl methyl sites for hydroxylation is 1. The van der Waals surface area contributed by atoms with Crippen molar-refractivity contribution in [1.82, 2.24) is 25.5 Å². The third-order valence-corrected chi connectivity index (χ3v) is 7.43. The number of hydrogen-bond acceptors (Lipinski definition) is 9. The van der Waals surface area contributed by atoms with Crippen molar-refractivity contribution in [3.05, 3.63) is 107 Å². The van der Waals surface area contributed by atoms with Crippen LogP contribution in [0.1, 0.15) is 69.8 Å². The first-order valence-electron chi connectivity index (χ1n) is 15.1. The van der Waals surface area contributed by atoms with Crippen molar-refractivity contribution < 1.29 is 37.0 Å². The summed E-state index contributed by atoms with van der Waals surface area (Å²) in [5.74, 6) is -3.94. The number of aromatic nitrogens is 4. The predicted octanol–water partition coefficient (Wildman–Crippen LogP) is 5.36. The van der Waals surface area contributed by atoms with Crippen LogP contribution in [0, 0.1) is 18.3 Å². The quantitative estimate of drug-likeness (QED) is 0.101. The molecule has 0 spiro atoms. The maximum absolute atomic E-state index is 13.7. The molecule has 2 atom stereocenters. The number of Topliss-reactive ketones (excluding diaryl/α,β-unsaturated/α-hetero) is 1. The highest BCUT2D eigenvalue weighted by Crippen LogP contribution is 2.36. The smallest absolute Gasteiger partial charge is 0.389 e. The average molecular weight is 663 g/mol. The molecule has 48 heavy (non-hydrogen) atoms. The lowest BCUT2D eigenvalue weighted by Crippen LogP contribution is -2.59. The Labute approximate surface area is 274 Å². The SMILES string of the molecule is CCOC(=O)C(C#N)(NC(=O)c1nnn(Cc2ccccc2)n1)C(CC(=O)c1ccc(OCCCC(F)(F)F)cc1)c1ccccc1C. The maximum Gasteiger partial charge on any atom is 0.389 e. The number of nitrogens with zero attached hydrogens (tertiary/aromatic N) is 5. The van der Waals surface area contributed by atoms with Gasteiger partial charge in [-0.05, 0) is 66.4 Å². The highest BCUT2D eigenvalue weighted by molar-refractivity contribution is 6.00. The normalized spacial score (nSPS) is 13.1. The van der Waals surface area contributed by atoms with Crippen LogP contribution >= 0.6 is 0 Å². The zero-order chi connectivity index (χ0) is 34.7. The minimum Gasteiger partial charge on any atom is -0.494 e. The molecule has 1 amide bonds. The first-order valence-corrected chi connectivity index (χ1v) is 15.1. The van der Waals surface area contributed by atoms with Gasteiger partial charge < -0.3 is 14.8 Å². The molecule has 0 saturated heterocycles. The van der Waals surface area contributed by atoms with Gasteiger partial charge in [-0.2, -0.15) is 23.2 Å². The van der Waals surface area contributed by atoms with E-state index in [-0.39, 0.29) is 37.5 Å². The molecule has 2 unspecified atom stereocenters. The number of ketones is 1. The second-order valence-corrected chi connectivity index (χ2v) is 10.9. The van der Waals surface area contributed by atoms with E-state index in [4.69, 9.17) is 9.47 Å². The van der Waals surface area contributed by atoms with Crippen LogP contribution < -0.4 is 10.1 Å². The van der Waals surface area contributed by atoms with E-state index < -0.39 is 54.0 Å². The third kappa shape index (κ3) is 9.03. The lowest BCUT2D eigenvalue weighted by atomic mass is 9.74. The molecule has 4 aromatic rings. The van der Waals surface area contributed by atoms with Crippen LogP contribution in [0.5, 0.6) is 5.75 Å². The van der Waals surface area contributed by atoms with Gasteiger partial charge in [0, 0.05) is 24.3 Å².